The van der Waals surface area contributed by atoms with Gasteiger partial charge in [-0.15, -0.1) is 0 Å². The molecule has 2 N–H and O–H groups in total. The molecule has 4 aliphatic rings. The second-order valence-electron chi connectivity index (χ2n) is 11.3. The van der Waals surface area contributed by atoms with Gasteiger partial charge in [-0.25, -0.2) is 4.98 Å². The lowest BCUT2D eigenvalue weighted by atomic mass is 9.73. The average molecular weight is 543 g/mol. The highest BCUT2D eigenvalue weighted by molar-refractivity contribution is 6.06. The van der Waals surface area contributed by atoms with Gasteiger partial charge in [0.25, 0.3) is 0 Å². The Morgan fingerprint density at radius 1 is 1.15 bits per heavy atom. The summed E-state index contributed by atoms with van der Waals surface area (Å²) in [6.45, 7) is 1.31. The number of amides is 2. The van der Waals surface area contributed by atoms with Gasteiger partial charge in [0.1, 0.15) is 23.9 Å². The molecule has 4 heterocycles. The number of anilines is 2. The number of halogens is 2. The first-order valence-corrected chi connectivity index (χ1v) is 13.4. The zero-order valence-corrected chi connectivity index (χ0v) is 21.8. The number of rotatable bonds is 7. The minimum atomic E-state index is -2.92. The zero-order valence-electron chi connectivity index (χ0n) is 21.8. The molecule has 9 nitrogen and oxygen atoms in total. The molecule has 2 amide bonds. The number of aliphatic hydroxyl groups is 1. The molecular formula is C28H32F2N4O5. The lowest BCUT2D eigenvalue weighted by Crippen LogP contribution is -2.57. The fourth-order valence-corrected chi connectivity index (χ4v) is 6.47. The van der Waals surface area contributed by atoms with Crippen LogP contribution in [0.25, 0.3) is 0 Å². The molecule has 6 rings (SSSR count). The molecule has 3 aliphatic heterocycles. The second kappa shape index (κ2) is 9.71. The molecule has 1 spiro atoms. The molecule has 0 radical (unpaired) electrons. The number of carbonyl (C=O) groups is 2. The minimum absolute atomic E-state index is 0.0226. The Balaban J connectivity index is 1.04. The van der Waals surface area contributed by atoms with Gasteiger partial charge in [-0.1, -0.05) is 0 Å². The lowest BCUT2D eigenvalue weighted by Gasteiger charge is -2.47. The Morgan fingerprint density at radius 3 is 2.64 bits per heavy atom. The lowest BCUT2D eigenvalue weighted by molar-refractivity contribution is -0.123. The maximum Gasteiger partial charge on any atom is 0.387 e. The highest BCUT2D eigenvalue weighted by Gasteiger charge is 2.49. The first kappa shape index (κ1) is 25.9. The molecular weight excluding hydrogens is 510 g/mol. The number of hydrogen-bond donors (Lipinski definition) is 2. The standard InChI is InChI=1S/C28H32F2N4O5/c1-27(37)14-18(15-27)34-23(35)5-2-17-12-20(16-31-24(17)34)38-11-10-33-8-6-28(7-9-33)21-13-19(39-26(29)30)3-4-22(21)32-25(28)36/h3-4,12-13,16,18,26,37H,2,5-11,14-15H2,1H3,(H,32,36). The van der Waals surface area contributed by atoms with E-state index in [9.17, 15) is 23.5 Å². The second-order valence-corrected chi connectivity index (χ2v) is 11.3. The molecule has 208 valence electrons. The number of pyridine rings is 1. The van der Waals surface area contributed by atoms with Gasteiger partial charge in [-0.05, 0) is 87.5 Å². The van der Waals surface area contributed by atoms with Gasteiger partial charge in [0.05, 0.1) is 17.2 Å². The fraction of sp³-hybridized carbons (Fsp3) is 0.536. The van der Waals surface area contributed by atoms with E-state index in [-0.39, 0.29) is 23.6 Å². The van der Waals surface area contributed by atoms with E-state index in [2.05, 4.69) is 19.9 Å². The third-order valence-electron chi connectivity index (χ3n) is 8.54. The van der Waals surface area contributed by atoms with Crippen molar-refractivity contribution in [1.29, 1.82) is 0 Å². The molecule has 2 fully saturated rings. The number of benzene rings is 1. The number of nitrogens with zero attached hydrogens (tertiary/aromatic N) is 3. The molecule has 1 aromatic carbocycles. The largest absolute Gasteiger partial charge is 0.491 e. The monoisotopic (exact) mass is 542 g/mol. The summed E-state index contributed by atoms with van der Waals surface area (Å²) in [6, 6.07) is 6.55. The number of carbonyl (C=O) groups excluding carboxylic acids is 2. The van der Waals surface area contributed by atoms with Crippen molar-refractivity contribution in [2.24, 2.45) is 0 Å². The van der Waals surface area contributed by atoms with Crippen molar-refractivity contribution in [3.05, 3.63) is 41.6 Å². The van der Waals surface area contributed by atoms with Gasteiger partial charge in [-0.3, -0.25) is 19.4 Å². The van der Waals surface area contributed by atoms with Crippen molar-refractivity contribution in [2.45, 2.75) is 69.1 Å². The molecule has 1 saturated heterocycles. The number of hydrogen-bond acceptors (Lipinski definition) is 7. The Hall–Kier alpha value is -3.31. The van der Waals surface area contributed by atoms with E-state index in [0.717, 1.165) is 11.1 Å². The third kappa shape index (κ3) is 4.82. The van der Waals surface area contributed by atoms with Crippen LogP contribution in [0.1, 0.15) is 50.2 Å². The predicted molar refractivity (Wildman–Crippen MR) is 138 cm³/mol. The number of alkyl halides is 2. The summed E-state index contributed by atoms with van der Waals surface area (Å²) < 4.78 is 36.0. The van der Waals surface area contributed by atoms with Crippen LogP contribution in [0, 0.1) is 0 Å². The van der Waals surface area contributed by atoms with E-state index in [1.54, 1.807) is 30.2 Å². The highest BCUT2D eigenvalue weighted by Crippen LogP contribution is 2.46. The Kier molecular flexibility index (Phi) is 6.46. The fourth-order valence-electron chi connectivity index (χ4n) is 6.47. The van der Waals surface area contributed by atoms with Gasteiger partial charge in [0, 0.05) is 24.7 Å². The number of nitrogens with one attached hydrogen (secondary N) is 1. The van der Waals surface area contributed by atoms with Crippen molar-refractivity contribution in [3.63, 3.8) is 0 Å². The molecule has 11 heteroatoms. The van der Waals surface area contributed by atoms with E-state index in [1.807, 2.05) is 6.07 Å². The van der Waals surface area contributed by atoms with E-state index in [1.165, 1.54) is 6.07 Å². The summed E-state index contributed by atoms with van der Waals surface area (Å²) in [6.07, 6.45) is 4.91. The van der Waals surface area contributed by atoms with Gasteiger partial charge in [0.15, 0.2) is 0 Å². The number of likely N-dealkylation sites (tertiary alicyclic amines) is 1. The molecule has 1 saturated carbocycles. The van der Waals surface area contributed by atoms with Gasteiger partial charge in [-0.2, -0.15) is 8.78 Å². The normalized spacial score (nSPS) is 25.8. The SMILES string of the molecule is CC1(O)CC(N2C(=O)CCc3cc(OCCN4CCC5(CC4)C(=O)Nc4ccc(OC(F)F)cc45)cnc32)C1. The number of aromatic nitrogens is 1. The van der Waals surface area contributed by atoms with Crippen LogP contribution in [-0.4, -0.2) is 71.3 Å². The Morgan fingerprint density at radius 2 is 1.92 bits per heavy atom. The minimum Gasteiger partial charge on any atom is -0.491 e. The summed E-state index contributed by atoms with van der Waals surface area (Å²) in [5, 5.41) is 13.0. The molecule has 0 atom stereocenters. The summed E-state index contributed by atoms with van der Waals surface area (Å²) in [7, 11) is 0. The topological polar surface area (TPSA) is 104 Å². The van der Waals surface area contributed by atoms with Crippen LogP contribution in [0.2, 0.25) is 0 Å². The van der Waals surface area contributed by atoms with Crippen molar-refractivity contribution in [1.82, 2.24) is 9.88 Å². The van der Waals surface area contributed by atoms with Gasteiger partial charge >= 0.3 is 6.61 Å². The van der Waals surface area contributed by atoms with Crippen LogP contribution in [0.3, 0.4) is 0 Å². The molecule has 1 aliphatic carbocycles. The first-order chi connectivity index (χ1) is 18.6. The number of ether oxygens (including phenoxy) is 2. The Bertz CT molecular complexity index is 1290. The molecule has 2 aromatic rings. The van der Waals surface area contributed by atoms with Gasteiger partial charge in [0.2, 0.25) is 11.8 Å². The molecule has 0 unspecified atom stereocenters. The maximum atomic E-state index is 12.9. The third-order valence-corrected chi connectivity index (χ3v) is 8.54. The van der Waals surface area contributed by atoms with Crippen molar-refractivity contribution >= 4 is 23.3 Å². The van der Waals surface area contributed by atoms with E-state index >= 15 is 0 Å². The van der Waals surface area contributed by atoms with Crippen molar-refractivity contribution in [2.75, 3.05) is 36.5 Å². The van der Waals surface area contributed by atoms with Crippen LogP contribution in [-0.2, 0) is 21.4 Å². The summed E-state index contributed by atoms with van der Waals surface area (Å²) in [4.78, 5) is 34.0. The Labute approximate surface area is 225 Å². The van der Waals surface area contributed by atoms with E-state index in [4.69, 9.17) is 4.74 Å². The van der Waals surface area contributed by atoms with Crippen molar-refractivity contribution < 1.29 is 33.0 Å². The first-order valence-electron chi connectivity index (χ1n) is 13.4. The van der Waals surface area contributed by atoms with Crippen LogP contribution < -0.4 is 19.7 Å². The summed E-state index contributed by atoms with van der Waals surface area (Å²) in [5.41, 5.74) is 0.880. The quantitative estimate of drug-likeness (QED) is 0.554. The number of aryl methyl sites for hydroxylation is 1. The van der Waals surface area contributed by atoms with Crippen molar-refractivity contribution in [3.8, 4) is 11.5 Å². The van der Waals surface area contributed by atoms with Crippen LogP contribution in [0.15, 0.2) is 30.5 Å². The van der Waals surface area contributed by atoms with Crippen LogP contribution >= 0.6 is 0 Å². The van der Waals surface area contributed by atoms with E-state index in [0.29, 0.717) is 82.0 Å². The van der Waals surface area contributed by atoms with Crippen LogP contribution in [0.5, 0.6) is 11.5 Å². The highest BCUT2D eigenvalue weighted by atomic mass is 19.3. The maximum absolute atomic E-state index is 12.9. The molecule has 1 aromatic heterocycles. The molecule has 0 bridgehead atoms. The zero-order chi connectivity index (χ0) is 27.4. The number of piperidine rings is 1. The van der Waals surface area contributed by atoms with E-state index < -0.39 is 17.6 Å². The average Bonchev–Trinajstić information content (AvgIpc) is 3.14. The predicted octanol–water partition coefficient (Wildman–Crippen LogP) is 3.24. The van der Waals surface area contributed by atoms with Gasteiger partial charge < -0.3 is 19.9 Å². The van der Waals surface area contributed by atoms with Crippen LogP contribution in [0.4, 0.5) is 20.3 Å². The number of fused-ring (bicyclic) bond motifs is 3. The molecule has 39 heavy (non-hydrogen) atoms. The summed E-state index contributed by atoms with van der Waals surface area (Å²) >= 11 is 0. The summed E-state index contributed by atoms with van der Waals surface area (Å²) in [5.74, 6) is 1.32. The smallest absolute Gasteiger partial charge is 0.387 e.